The predicted octanol–water partition coefficient (Wildman–Crippen LogP) is 4.53. The normalized spacial score (nSPS) is 11.0. The molecule has 0 aliphatic carbocycles. The Balaban J connectivity index is 1.73. The van der Waals surface area contributed by atoms with Gasteiger partial charge < -0.3 is 4.57 Å². The molecule has 1 aromatic heterocycles. The zero-order chi connectivity index (χ0) is 15.4. The molecule has 0 unspecified atom stereocenters. The first kappa shape index (κ1) is 14.5. The summed E-state index contributed by atoms with van der Waals surface area (Å²) in [5.74, 6) is -0.0138. The molecular weight excluding hydrogens is 340 g/mol. The van der Waals surface area contributed by atoms with Gasteiger partial charge in [0.25, 0.3) is 0 Å². The number of ketones is 1. The van der Waals surface area contributed by atoms with E-state index in [1.165, 1.54) is 0 Å². The lowest BCUT2D eigenvalue weighted by atomic mass is 10.1. The van der Waals surface area contributed by atoms with Crippen molar-refractivity contribution < 1.29 is 4.79 Å². The molecule has 1 heterocycles. The third-order valence-corrected chi connectivity index (χ3v) is 3.78. The highest BCUT2D eigenvalue weighted by molar-refractivity contribution is 9.10. The maximum atomic E-state index is 12.2. The number of nitrogens with zero attached hydrogens (tertiary/aromatic N) is 2. The van der Waals surface area contributed by atoms with Gasteiger partial charge in [-0.05, 0) is 48.0 Å². The minimum Gasteiger partial charge on any atom is -0.306 e. The van der Waals surface area contributed by atoms with Crippen LogP contribution < -0.4 is 0 Å². The molecule has 0 bridgehead atoms. The molecule has 0 amide bonds. The number of rotatable bonds is 4. The fourth-order valence-electron chi connectivity index (χ4n) is 2.05. The average Bonchev–Trinajstić information content (AvgIpc) is 3.09. The van der Waals surface area contributed by atoms with Gasteiger partial charge >= 0.3 is 0 Å². The standard InChI is InChI=1S/C18H13BrN2O/c19-16-6-1-14(2-7-16)3-10-18(22)15-4-8-17(9-5-15)21-12-11-20-13-21/h1-13H. The highest BCUT2D eigenvalue weighted by atomic mass is 79.9. The van der Waals surface area contributed by atoms with Crippen LogP contribution in [0.15, 0.2) is 77.8 Å². The lowest BCUT2D eigenvalue weighted by molar-refractivity contribution is 0.104. The second-order valence-corrected chi connectivity index (χ2v) is 5.68. The largest absolute Gasteiger partial charge is 0.306 e. The summed E-state index contributed by atoms with van der Waals surface area (Å²) < 4.78 is 2.91. The van der Waals surface area contributed by atoms with Gasteiger partial charge in [0, 0.05) is 28.1 Å². The summed E-state index contributed by atoms with van der Waals surface area (Å²) in [4.78, 5) is 16.2. The molecule has 0 radical (unpaired) electrons. The van der Waals surface area contributed by atoms with Crippen molar-refractivity contribution in [1.29, 1.82) is 0 Å². The van der Waals surface area contributed by atoms with Crippen molar-refractivity contribution in [1.82, 2.24) is 9.55 Å². The van der Waals surface area contributed by atoms with Crippen LogP contribution in [0.5, 0.6) is 0 Å². The molecule has 0 saturated heterocycles. The molecule has 4 heteroatoms. The zero-order valence-electron chi connectivity index (χ0n) is 11.7. The number of aromatic nitrogens is 2. The Morgan fingerprint density at radius 1 is 1.05 bits per heavy atom. The summed E-state index contributed by atoms with van der Waals surface area (Å²) in [5.41, 5.74) is 2.63. The number of hydrogen-bond acceptors (Lipinski definition) is 2. The summed E-state index contributed by atoms with van der Waals surface area (Å²) in [6, 6.07) is 15.3. The van der Waals surface area contributed by atoms with E-state index in [2.05, 4.69) is 20.9 Å². The third kappa shape index (κ3) is 3.40. The Hall–Kier alpha value is -2.46. The number of benzene rings is 2. The Kier molecular flexibility index (Phi) is 4.30. The highest BCUT2D eigenvalue weighted by Gasteiger charge is 2.02. The van der Waals surface area contributed by atoms with Gasteiger partial charge in [0.15, 0.2) is 5.78 Å². The van der Waals surface area contributed by atoms with Crippen LogP contribution in [-0.4, -0.2) is 15.3 Å². The highest BCUT2D eigenvalue weighted by Crippen LogP contribution is 2.13. The van der Waals surface area contributed by atoms with Crippen LogP contribution in [0.25, 0.3) is 11.8 Å². The first-order chi connectivity index (χ1) is 10.7. The van der Waals surface area contributed by atoms with Crippen LogP contribution in [0.3, 0.4) is 0 Å². The van der Waals surface area contributed by atoms with E-state index in [9.17, 15) is 4.79 Å². The van der Waals surface area contributed by atoms with Crippen LogP contribution in [-0.2, 0) is 0 Å². The number of imidazole rings is 1. The molecule has 3 aromatic rings. The Morgan fingerprint density at radius 3 is 2.41 bits per heavy atom. The van der Waals surface area contributed by atoms with Crippen molar-refractivity contribution in [2.75, 3.05) is 0 Å². The fraction of sp³-hybridized carbons (Fsp3) is 0. The summed E-state index contributed by atoms with van der Waals surface area (Å²) in [5, 5.41) is 0. The molecule has 0 fully saturated rings. The number of carbonyl (C=O) groups excluding carboxylic acids is 1. The molecule has 22 heavy (non-hydrogen) atoms. The second kappa shape index (κ2) is 6.54. The number of carbonyl (C=O) groups is 1. The molecule has 0 N–H and O–H groups in total. The molecule has 108 valence electrons. The van der Waals surface area contributed by atoms with E-state index in [-0.39, 0.29) is 5.78 Å². The van der Waals surface area contributed by atoms with E-state index >= 15 is 0 Å². The van der Waals surface area contributed by atoms with E-state index in [0.717, 1.165) is 15.7 Å². The van der Waals surface area contributed by atoms with Crippen LogP contribution >= 0.6 is 15.9 Å². The van der Waals surface area contributed by atoms with Gasteiger partial charge in [-0.3, -0.25) is 4.79 Å². The van der Waals surface area contributed by atoms with E-state index in [4.69, 9.17) is 0 Å². The van der Waals surface area contributed by atoms with Crippen molar-refractivity contribution in [3.63, 3.8) is 0 Å². The second-order valence-electron chi connectivity index (χ2n) is 4.77. The molecule has 0 spiro atoms. The van der Waals surface area contributed by atoms with Crippen LogP contribution in [0.1, 0.15) is 15.9 Å². The predicted molar refractivity (Wildman–Crippen MR) is 91.1 cm³/mol. The van der Waals surface area contributed by atoms with Crippen molar-refractivity contribution in [2.24, 2.45) is 0 Å². The smallest absolute Gasteiger partial charge is 0.185 e. The Morgan fingerprint density at radius 2 is 1.77 bits per heavy atom. The SMILES string of the molecule is O=C(C=Cc1ccc(Br)cc1)c1ccc(-n2ccnc2)cc1. The van der Waals surface area contributed by atoms with E-state index in [1.54, 1.807) is 18.6 Å². The van der Waals surface area contributed by atoms with E-state index in [1.807, 2.05) is 65.4 Å². The summed E-state index contributed by atoms with van der Waals surface area (Å²) in [6.07, 6.45) is 8.72. The topological polar surface area (TPSA) is 34.9 Å². The zero-order valence-corrected chi connectivity index (χ0v) is 13.3. The summed E-state index contributed by atoms with van der Waals surface area (Å²) in [7, 11) is 0. The van der Waals surface area contributed by atoms with Gasteiger partial charge in [0.05, 0.1) is 6.33 Å². The quantitative estimate of drug-likeness (QED) is 0.510. The average molecular weight is 353 g/mol. The van der Waals surface area contributed by atoms with Gasteiger partial charge in [-0.25, -0.2) is 4.98 Å². The molecule has 0 saturated carbocycles. The summed E-state index contributed by atoms with van der Waals surface area (Å²) >= 11 is 3.39. The van der Waals surface area contributed by atoms with Crippen molar-refractivity contribution in [3.05, 3.63) is 88.9 Å². The van der Waals surface area contributed by atoms with Crippen LogP contribution in [0.2, 0.25) is 0 Å². The van der Waals surface area contributed by atoms with Gasteiger partial charge in [-0.1, -0.05) is 34.1 Å². The summed E-state index contributed by atoms with van der Waals surface area (Å²) in [6.45, 7) is 0. The lowest BCUT2D eigenvalue weighted by Crippen LogP contribution is -1.96. The van der Waals surface area contributed by atoms with Crippen molar-refractivity contribution in [2.45, 2.75) is 0 Å². The van der Waals surface area contributed by atoms with E-state index in [0.29, 0.717) is 5.56 Å². The molecule has 0 atom stereocenters. The molecule has 0 aliphatic rings. The first-order valence-electron chi connectivity index (χ1n) is 6.79. The number of allylic oxidation sites excluding steroid dienone is 1. The van der Waals surface area contributed by atoms with Gasteiger partial charge in [-0.15, -0.1) is 0 Å². The maximum Gasteiger partial charge on any atom is 0.185 e. The van der Waals surface area contributed by atoms with Crippen molar-refractivity contribution in [3.8, 4) is 5.69 Å². The minimum atomic E-state index is -0.0138. The van der Waals surface area contributed by atoms with E-state index < -0.39 is 0 Å². The first-order valence-corrected chi connectivity index (χ1v) is 7.58. The molecule has 0 aliphatic heterocycles. The van der Waals surface area contributed by atoms with Crippen LogP contribution in [0, 0.1) is 0 Å². The van der Waals surface area contributed by atoms with Gasteiger partial charge in [-0.2, -0.15) is 0 Å². The molecule has 3 rings (SSSR count). The minimum absolute atomic E-state index is 0.0138. The molecular formula is C18H13BrN2O. The maximum absolute atomic E-state index is 12.2. The monoisotopic (exact) mass is 352 g/mol. The fourth-order valence-corrected chi connectivity index (χ4v) is 2.32. The lowest BCUT2D eigenvalue weighted by Gasteiger charge is -2.02. The van der Waals surface area contributed by atoms with Gasteiger partial charge in [0.2, 0.25) is 0 Å². The third-order valence-electron chi connectivity index (χ3n) is 3.25. The number of hydrogen-bond donors (Lipinski definition) is 0. The molecule has 3 nitrogen and oxygen atoms in total. The van der Waals surface area contributed by atoms with Crippen molar-refractivity contribution >= 4 is 27.8 Å². The Bertz CT molecular complexity index is 788. The molecule has 2 aromatic carbocycles. The number of halogens is 1. The Labute approximate surface area is 137 Å². The van der Waals surface area contributed by atoms with Gasteiger partial charge in [0.1, 0.15) is 0 Å². The van der Waals surface area contributed by atoms with Crippen LogP contribution in [0.4, 0.5) is 0 Å².